The molecule has 4 nitrogen and oxygen atoms in total. The molecule has 0 N–H and O–H groups in total. The second-order valence-corrected chi connectivity index (χ2v) is 5.51. The van der Waals surface area contributed by atoms with Gasteiger partial charge < -0.3 is 0 Å². The molecule has 0 amide bonds. The smallest absolute Gasteiger partial charge is 0.184 e. The summed E-state index contributed by atoms with van der Waals surface area (Å²) < 4.78 is 1.75. The van der Waals surface area contributed by atoms with Gasteiger partial charge in [-0.3, -0.25) is 4.79 Å². The van der Waals surface area contributed by atoms with Gasteiger partial charge >= 0.3 is 0 Å². The third kappa shape index (κ3) is 3.20. The number of rotatable bonds is 5. The van der Waals surface area contributed by atoms with Crippen molar-refractivity contribution < 1.29 is 4.79 Å². The number of Topliss-reactive ketones (excluding diaryl/α,β-unsaturated/α-hetero) is 1. The Labute approximate surface area is 126 Å². The Kier molecular flexibility index (Phi) is 4.56. The molecule has 112 valence electrons. The van der Waals surface area contributed by atoms with Crippen LogP contribution in [-0.4, -0.2) is 20.5 Å². The van der Waals surface area contributed by atoms with Gasteiger partial charge in [-0.1, -0.05) is 31.5 Å². The van der Waals surface area contributed by atoms with E-state index in [2.05, 4.69) is 22.2 Å². The van der Waals surface area contributed by atoms with Gasteiger partial charge in [-0.05, 0) is 31.9 Å². The summed E-state index contributed by atoms with van der Waals surface area (Å²) in [5.41, 5.74) is 4.07. The monoisotopic (exact) mass is 285 g/mol. The average molecular weight is 285 g/mol. The average Bonchev–Trinajstić information content (AvgIpc) is 2.79. The van der Waals surface area contributed by atoms with Crippen molar-refractivity contribution in [2.45, 2.75) is 54.0 Å². The number of carbonyl (C=O) groups is 1. The molecule has 0 unspecified atom stereocenters. The van der Waals surface area contributed by atoms with Gasteiger partial charge in [0, 0.05) is 18.4 Å². The molecular weight excluding hydrogens is 262 g/mol. The van der Waals surface area contributed by atoms with E-state index in [1.807, 2.05) is 34.6 Å². The van der Waals surface area contributed by atoms with E-state index in [4.69, 9.17) is 0 Å². The third-order valence-electron chi connectivity index (χ3n) is 3.67. The van der Waals surface area contributed by atoms with Crippen molar-refractivity contribution >= 4 is 5.78 Å². The summed E-state index contributed by atoms with van der Waals surface area (Å²) in [7, 11) is 0. The zero-order valence-corrected chi connectivity index (χ0v) is 13.5. The van der Waals surface area contributed by atoms with Crippen molar-refractivity contribution in [3.8, 4) is 0 Å². The van der Waals surface area contributed by atoms with E-state index in [1.165, 1.54) is 5.56 Å². The van der Waals surface area contributed by atoms with Gasteiger partial charge in [0.25, 0.3) is 0 Å². The molecule has 0 bridgehead atoms. The number of ketones is 1. The van der Waals surface area contributed by atoms with Crippen molar-refractivity contribution in [2.75, 3.05) is 0 Å². The van der Waals surface area contributed by atoms with Crippen LogP contribution in [0.4, 0.5) is 0 Å². The van der Waals surface area contributed by atoms with Gasteiger partial charge in [0.15, 0.2) is 11.6 Å². The third-order valence-corrected chi connectivity index (χ3v) is 3.67. The molecule has 1 aromatic carbocycles. The molecule has 0 radical (unpaired) electrons. The van der Waals surface area contributed by atoms with Gasteiger partial charge in [0.1, 0.15) is 12.4 Å². The summed E-state index contributed by atoms with van der Waals surface area (Å²) in [6, 6.07) is 4.11. The Morgan fingerprint density at radius 1 is 1.10 bits per heavy atom. The highest BCUT2D eigenvalue weighted by Crippen LogP contribution is 2.18. The molecule has 0 saturated carbocycles. The molecule has 0 atom stereocenters. The van der Waals surface area contributed by atoms with Crippen LogP contribution in [0.3, 0.4) is 0 Å². The number of carbonyl (C=O) groups excluding carboxylic acids is 1. The number of hydrogen-bond acceptors (Lipinski definition) is 3. The summed E-state index contributed by atoms with van der Waals surface area (Å²) in [5, 5.41) is 4.43. The van der Waals surface area contributed by atoms with Crippen LogP contribution in [0.2, 0.25) is 0 Å². The van der Waals surface area contributed by atoms with Crippen LogP contribution in [0, 0.1) is 20.8 Å². The SMILES string of the molecule is CCc1nc(CC)n(CC(=O)c2c(C)cc(C)cc2C)n1. The largest absolute Gasteiger partial charge is 0.292 e. The normalized spacial score (nSPS) is 10.9. The molecule has 0 aliphatic rings. The quantitative estimate of drug-likeness (QED) is 0.793. The topological polar surface area (TPSA) is 47.8 Å². The van der Waals surface area contributed by atoms with Gasteiger partial charge in [-0.25, -0.2) is 9.67 Å². The van der Waals surface area contributed by atoms with E-state index in [9.17, 15) is 4.79 Å². The van der Waals surface area contributed by atoms with E-state index >= 15 is 0 Å². The number of aryl methyl sites for hydroxylation is 5. The van der Waals surface area contributed by atoms with E-state index < -0.39 is 0 Å². The zero-order chi connectivity index (χ0) is 15.6. The molecule has 4 heteroatoms. The van der Waals surface area contributed by atoms with Crippen LogP contribution in [0.1, 0.15) is 52.5 Å². The minimum absolute atomic E-state index is 0.104. The van der Waals surface area contributed by atoms with Crippen LogP contribution < -0.4 is 0 Å². The summed E-state index contributed by atoms with van der Waals surface area (Å²) in [6.07, 6.45) is 1.57. The van der Waals surface area contributed by atoms with E-state index in [0.29, 0.717) is 0 Å². The predicted octanol–water partition coefficient (Wildman–Crippen LogP) is 3.21. The van der Waals surface area contributed by atoms with Crippen molar-refractivity contribution in [3.63, 3.8) is 0 Å². The van der Waals surface area contributed by atoms with Crippen molar-refractivity contribution in [1.29, 1.82) is 0 Å². The Hall–Kier alpha value is -1.97. The maximum Gasteiger partial charge on any atom is 0.184 e. The molecule has 0 saturated heterocycles. The van der Waals surface area contributed by atoms with E-state index in [0.717, 1.165) is 41.2 Å². The first-order valence-electron chi connectivity index (χ1n) is 7.49. The predicted molar refractivity (Wildman–Crippen MR) is 83.8 cm³/mol. The summed E-state index contributed by atoms with van der Waals surface area (Å²) in [5.74, 6) is 1.78. The molecule has 0 aliphatic carbocycles. The maximum atomic E-state index is 12.6. The van der Waals surface area contributed by atoms with E-state index in [-0.39, 0.29) is 12.3 Å². The Balaban J connectivity index is 2.32. The Morgan fingerprint density at radius 3 is 2.24 bits per heavy atom. The summed E-state index contributed by atoms with van der Waals surface area (Å²) in [6.45, 7) is 10.4. The number of benzene rings is 1. The van der Waals surface area contributed by atoms with Crippen LogP contribution in [-0.2, 0) is 19.4 Å². The Bertz CT molecular complexity index is 648. The van der Waals surface area contributed by atoms with Crippen LogP contribution in [0.15, 0.2) is 12.1 Å². The van der Waals surface area contributed by atoms with E-state index in [1.54, 1.807) is 4.68 Å². The van der Waals surface area contributed by atoms with Crippen LogP contribution in [0.25, 0.3) is 0 Å². The molecule has 0 spiro atoms. The van der Waals surface area contributed by atoms with Crippen molar-refractivity contribution in [3.05, 3.63) is 46.0 Å². The summed E-state index contributed by atoms with van der Waals surface area (Å²) >= 11 is 0. The minimum atomic E-state index is 0.104. The molecular formula is C17H23N3O. The van der Waals surface area contributed by atoms with Crippen molar-refractivity contribution in [2.24, 2.45) is 0 Å². The second-order valence-electron chi connectivity index (χ2n) is 5.51. The van der Waals surface area contributed by atoms with Gasteiger partial charge in [0.2, 0.25) is 0 Å². The molecule has 0 fully saturated rings. The lowest BCUT2D eigenvalue weighted by Gasteiger charge is -2.11. The van der Waals surface area contributed by atoms with Gasteiger partial charge in [-0.15, -0.1) is 0 Å². The first-order chi connectivity index (χ1) is 9.96. The fourth-order valence-corrected chi connectivity index (χ4v) is 2.80. The number of nitrogens with zero attached hydrogens (tertiary/aromatic N) is 3. The summed E-state index contributed by atoms with van der Waals surface area (Å²) in [4.78, 5) is 17.1. The fourth-order valence-electron chi connectivity index (χ4n) is 2.80. The zero-order valence-electron chi connectivity index (χ0n) is 13.5. The van der Waals surface area contributed by atoms with Crippen LogP contribution in [0.5, 0.6) is 0 Å². The maximum absolute atomic E-state index is 12.6. The minimum Gasteiger partial charge on any atom is -0.292 e. The molecule has 2 aromatic rings. The highest BCUT2D eigenvalue weighted by molar-refractivity contribution is 5.98. The first kappa shape index (κ1) is 15.4. The highest BCUT2D eigenvalue weighted by Gasteiger charge is 2.16. The number of hydrogen-bond donors (Lipinski definition) is 0. The van der Waals surface area contributed by atoms with Gasteiger partial charge in [0.05, 0.1) is 0 Å². The Morgan fingerprint density at radius 2 is 1.71 bits per heavy atom. The van der Waals surface area contributed by atoms with Gasteiger partial charge in [-0.2, -0.15) is 5.10 Å². The molecule has 21 heavy (non-hydrogen) atoms. The molecule has 1 heterocycles. The molecule has 1 aromatic heterocycles. The second kappa shape index (κ2) is 6.20. The van der Waals surface area contributed by atoms with Crippen molar-refractivity contribution in [1.82, 2.24) is 14.8 Å². The lowest BCUT2D eigenvalue weighted by atomic mass is 9.96. The lowest BCUT2D eigenvalue weighted by Crippen LogP contribution is -2.16. The van der Waals surface area contributed by atoms with Crippen LogP contribution >= 0.6 is 0 Å². The fraction of sp³-hybridized carbons (Fsp3) is 0.471. The first-order valence-corrected chi connectivity index (χ1v) is 7.49. The molecule has 2 rings (SSSR count). The highest BCUT2D eigenvalue weighted by atomic mass is 16.1. The standard InChI is InChI=1S/C17H23N3O/c1-6-15-18-16(7-2)20(19-15)10-14(21)17-12(4)8-11(3)9-13(17)5/h8-9H,6-7,10H2,1-5H3. The lowest BCUT2D eigenvalue weighted by molar-refractivity contribution is 0.0965. The number of aromatic nitrogens is 3. The molecule has 0 aliphatic heterocycles.